The van der Waals surface area contributed by atoms with E-state index >= 15 is 0 Å². The summed E-state index contributed by atoms with van der Waals surface area (Å²) < 4.78 is 3.31. The molecule has 0 aromatic heterocycles. The van der Waals surface area contributed by atoms with Crippen molar-refractivity contribution in [2.75, 3.05) is 0 Å². The number of hydrogen-bond donors (Lipinski definition) is 0. The summed E-state index contributed by atoms with van der Waals surface area (Å²) in [5.74, 6) is 0. The fourth-order valence-electron chi connectivity index (χ4n) is 0.663. The maximum atomic E-state index is 2.50. The van der Waals surface area contributed by atoms with E-state index in [1.807, 2.05) is 0 Å². The molecule has 0 N–H and O–H groups in total. The molecule has 1 radical (unpaired) electrons. The molecule has 3 heteroatoms. The van der Waals surface area contributed by atoms with Crippen molar-refractivity contribution < 1.29 is 0 Å². The van der Waals surface area contributed by atoms with E-state index in [2.05, 4.69) is 39.3 Å². The Morgan fingerprint density at radius 3 is 1.18 bits per heavy atom. The van der Waals surface area contributed by atoms with Crippen LogP contribution in [0.15, 0.2) is 0 Å². The quantitative estimate of drug-likeness (QED) is 0.699. The van der Waals surface area contributed by atoms with Crippen molar-refractivity contribution in [1.29, 1.82) is 0 Å². The van der Waals surface area contributed by atoms with Gasteiger partial charge in [0.2, 0.25) is 0 Å². The van der Waals surface area contributed by atoms with Crippen LogP contribution in [0, 0.1) is 0 Å². The Kier molecular flexibility index (Phi) is 4.95. The van der Waals surface area contributed by atoms with E-state index in [0.29, 0.717) is 20.9 Å². The molecule has 0 heterocycles. The molecule has 0 aliphatic heterocycles. The van der Waals surface area contributed by atoms with Crippen LogP contribution < -0.4 is 0 Å². The Labute approximate surface area is 84.3 Å². The first-order valence-corrected chi connectivity index (χ1v) is 15.0. The Bertz CT molecular complexity index is 96.2. The molecular weight excluding hydrogens is 280 g/mol. The Hall–Kier alpha value is 1.22. The van der Waals surface area contributed by atoms with Gasteiger partial charge >= 0.3 is 84.5 Å². The van der Waals surface area contributed by atoms with Crippen LogP contribution in [0.2, 0.25) is 47.5 Å². The van der Waals surface area contributed by atoms with E-state index in [1.54, 1.807) is 8.18 Å². The zero-order valence-corrected chi connectivity index (χ0v) is 13.2. The zero-order valence-electron chi connectivity index (χ0n) is 8.82. The van der Waals surface area contributed by atoms with Crippen molar-refractivity contribution in [3.63, 3.8) is 0 Å². The SMILES string of the molecule is C[Si](C)(C)C[Te+]C[Si](C)(C)C. The molecule has 0 unspecified atom stereocenters. The van der Waals surface area contributed by atoms with Crippen molar-refractivity contribution in [3.05, 3.63) is 0 Å². The topological polar surface area (TPSA) is 0 Å². The second kappa shape index (κ2) is 4.46. The standard InChI is InChI=1S/C8H22Si2Te/c1-9(2,3)7-11-8-10(4,5)6/h7-8H2,1-6H3/q+1. The van der Waals surface area contributed by atoms with Gasteiger partial charge in [-0.1, -0.05) is 0 Å². The minimum absolute atomic E-state index is 0.401. The van der Waals surface area contributed by atoms with Crippen molar-refractivity contribution in [2.24, 2.45) is 0 Å². The molecule has 0 saturated heterocycles. The predicted octanol–water partition coefficient (Wildman–Crippen LogP) is 3.28. The monoisotopic (exact) mass is 304 g/mol. The van der Waals surface area contributed by atoms with Gasteiger partial charge in [-0.2, -0.15) is 0 Å². The van der Waals surface area contributed by atoms with Gasteiger partial charge in [0.25, 0.3) is 0 Å². The molecule has 0 bridgehead atoms. The maximum absolute atomic E-state index is 2.50. The average molecular weight is 302 g/mol. The summed E-state index contributed by atoms with van der Waals surface area (Å²) in [6, 6.07) is 0. The second-order valence-corrected chi connectivity index (χ2v) is 22.5. The van der Waals surface area contributed by atoms with Crippen molar-refractivity contribution in [3.8, 4) is 0 Å². The first kappa shape index (κ1) is 12.2. The van der Waals surface area contributed by atoms with E-state index in [1.165, 1.54) is 0 Å². The molecule has 0 amide bonds. The van der Waals surface area contributed by atoms with E-state index in [0.717, 1.165) is 0 Å². The van der Waals surface area contributed by atoms with Gasteiger partial charge in [0.05, 0.1) is 0 Å². The normalized spacial score (nSPS) is 13.6. The summed E-state index contributed by atoms with van der Waals surface area (Å²) in [6.45, 7) is 15.0. The van der Waals surface area contributed by atoms with Crippen molar-refractivity contribution in [1.82, 2.24) is 0 Å². The molecule has 0 aliphatic rings. The van der Waals surface area contributed by atoms with Gasteiger partial charge in [0.1, 0.15) is 0 Å². The van der Waals surface area contributed by atoms with Crippen LogP contribution in [0.3, 0.4) is 0 Å². The molecule has 0 aromatic carbocycles. The summed E-state index contributed by atoms with van der Waals surface area (Å²) >= 11 is 0.401. The van der Waals surface area contributed by atoms with E-state index in [4.69, 9.17) is 0 Å². The van der Waals surface area contributed by atoms with Crippen LogP contribution in [0.1, 0.15) is 0 Å². The fourth-order valence-corrected chi connectivity index (χ4v) is 15.4. The Morgan fingerprint density at radius 1 is 0.727 bits per heavy atom. The molecule has 0 atom stereocenters. The van der Waals surface area contributed by atoms with Crippen LogP contribution in [0.5, 0.6) is 0 Å². The molecule has 67 valence electrons. The molecule has 0 aromatic rings. The van der Waals surface area contributed by atoms with Gasteiger partial charge in [-0.15, -0.1) is 0 Å². The van der Waals surface area contributed by atoms with Gasteiger partial charge in [0.15, 0.2) is 0 Å². The molecule has 0 saturated carbocycles. The van der Waals surface area contributed by atoms with E-state index in [9.17, 15) is 0 Å². The third-order valence-electron chi connectivity index (χ3n) is 1.07. The van der Waals surface area contributed by atoms with Gasteiger partial charge in [-0.05, 0) is 0 Å². The molecule has 0 spiro atoms. The molecular formula is C8H22Si2Te+. The van der Waals surface area contributed by atoms with Crippen molar-refractivity contribution >= 4 is 37.1 Å². The van der Waals surface area contributed by atoms with Crippen LogP contribution in [0.4, 0.5) is 0 Å². The van der Waals surface area contributed by atoms with Crippen LogP contribution >= 0.6 is 0 Å². The fraction of sp³-hybridized carbons (Fsp3) is 1.00. The van der Waals surface area contributed by atoms with Gasteiger partial charge < -0.3 is 0 Å². The van der Waals surface area contributed by atoms with Gasteiger partial charge in [0, 0.05) is 0 Å². The van der Waals surface area contributed by atoms with Crippen molar-refractivity contribution in [2.45, 2.75) is 47.5 Å². The number of rotatable bonds is 4. The summed E-state index contributed by atoms with van der Waals surface area (Å²) in [6.07, 6.45) is 0. The minimum atomic E-state index is -0.677. The van der Waals surface area contributed by atoms with Gasteiger partial charge in [-0.3, -0.25) is 0 Å². The molecule has 0 nitrogen and oxygen atoms in total. The molecule has 0 rings (SSSR count). The van der Waals surface area contributed by atoms with Crippen LogP contribution in [0.25, 0.3) is 0 Å². The Morgan fingerprint density at radius 2 is 1.00 bits per heavy atom. The van der Waals surface area contributed by atoms with E-state index in [-0.39, 0.29) is 0 Å². The first-order chi connectivity index (χ1) is 4.71. The predicted molar refractivity (Wildman–Crippen MR) is 62.1 cm³/mol. The third-order valence-corrected chi connectivity index (χ3v) is 21.5. The molecule has 0 fully saturated rings. The number of hydrogen-bond acceptors (Lipinski definition) is 0. The average Bonchev–Trinajstić information content (AvgIpc) is 1.55. The summed E-state index contributed by atoms with van der Waals surface area (Å²) in [7, 11) is -1.35. The van der Waals surface area contributed by atoms with Crippen LogP contribution in [-0.2, 0) is 0 Å². The van der Waals surface area contributed by atoms with Gasteiger partial charge in [-0.25, -0.2) is 0 Å². The van der Waals surface area contributed by atoms with E-state index < -0.39 is 16.1 Å². The Balaban J connectivity index is 3.44. The molecule has 11 heavy (non-hydrogen) atoms. The summed E-state index contributed by atoms with van der Waals surface area (Å²) in [4.78, 5) is 0. The summed E-state index contributed by atoms with van der Waals surface area (Å²) in [5, 5.41) is 0. The first-order valence-electron chi connectivity index (χ1n) is 4.28. The summed E-state index contributed by atoms with van der Waals surface area (Å²) in [5.41, 5.74) is 0. The zero-order chi connectivity index (χ0) is 9.12. The third kappa shape index (κ3) is 11.2. The molecule has 0 aliphatic carbocycles. The second-order valence-electron chi connectivity index (χ2n) is 5.61. The van der Waals surface area contributed by atoms with Crippen LogP contribution in [-0.4, -0.2) is 37.1 Å².